The number of hydrogen-bond donors (Lipinski definition) is 4. The molecule has 0 saturated carbocycles. The van der Waals surface area contributed by atoms with Crippen molar-refractivity contribution < 1.29 is 13.2 Å². The molecule has 0 radical (unpaired) electrons. The maximum Gasteiger partial charge on any atom is 0.240 e. The lowest BCUT2D eigenvalue weighted by atomic mass is 10.0. The molecule has 3 rings (SSSR count). The molecule has 144 valence electrons. The summed E-state index contributed by atoms with van der Waals surface area (Å²) in [6, 6.07) is 16.2. The molecule has 4 N–H and O–H groups in total. The molecule has 1 amide bonds. The summed E-state index contributed by atoms with van der Waals surface area (Å²) in [4.78, 5) is 12.5. The quantitative estimate of drug-likeness (QED) is 0.531. The monoisotopic (exact) mass is 388 g/mol. The average Bonchev–Trinajstić information content (AvgIpc) is 3.16. The Morgan fingerprint density at radius 3 is 2.44 bits per heavy atom. The summed E-state index contributed by atoms with van der Waals surface area (Å²) >= 11 is 0. The normalized spacial score (nSPS) is 19.7. The van der Waals surface area contributed by atoms with Gasteiger partial charge in [0.1, 0.15) is 6.04 Å². The van der Waals surface area contributed by atoms with E-state index in [1.807, 2.05) is 37.3 Å². The highest BCUT2D eigenvalue weighted by Crippen LogP contribution is 2.21. The van der Waals surface area contributed by atoms with Crippen LogP contribution < -0.4 is 20.9 Å². The minimum absolute atomic E-state index is 0.0713. The van der Waals surface area contributed by atoms with Gasteiger partial charge >= 0.3 is 0 Å². The van der Waals surface area contributed by atoms with Crippen LogP contribution in [0.1, 0.15) is 23.6 Å². The number of hydrogen-bond acceptors (Lipinski definition) is 5. The fourth-order valence-electron chi connectivity index (χ4n) is 2.93. The Balaban J connectivity index is 1.43. The molecule has 1 saturated heterocycles. The summed E-state index contributed by atoms with van der Waals surface area (Å²) in [7, 11) is -3.57. The molecule has 1 heterocycles. The molecule has 2 aromatic carbocycles. The van der Waals surface area contributed by atoms with Crippen LogP contribution in [0.25, 0.3) is 0 Å². The fourth-order valence-corrected chi connectivity index (χ4v) is 3.96. The molecule has 1 aliphatic heterocycles. The van der Waals surface area contributed by atoms with E-state index in [1.165, 1.54) is 0 Å². The van der Waals surface area contributed by atoms with Gasteiger partial charge in [-0.05, 0) is 31.0 Å². The Bertz CT molecular complexity index is 870. The number of hydrazine groups is 1. The zero-order valence-corrected chi connectivity index (χ0v) is 15.9. The van der Waals surface area contributed by atoms with Gasteiger partial charge in [-0.15, -0.1) is 0 Å². The first-order valence-corrected chi connectivity index (χ1v) is 10.3. The highest BCUT2D eigenvalue weighted by molar-refractivity contribution is 7.89. The Kier molecular flexibility index (Phi) is 6.22. The highest BCUT2D eigenvalue weighted by Gasteiger charge is 2.29. The average molecular weight is 388 g/mol. The van der Waals surface area contributed by atoms with E-state index in [9.17, 15) is 13.2 Å². The third kappa shape index (κ3) is 5.14. The smallest absolute Gasteiger partial charge is 0.240 e. The number of carbonyl (C=O) groups is 1. The molecule has 7 nitrogen and oxygen atoms in total. The van der Waals surface area contributed by atoms with E-state index in [0.717, 1.165) is 11.1 Å². The van der Waals surface area contributed by atoms with Crippen LogP contribution in [-0.4, -0.2) is 33.5 Å². The fraction of sp³-hybridized carbons (Fsp3) is 0.316. The second kappa shape index (κ2) is 8.62. The van der Waals surface area contributed by atoms with Gasteiger partial charge in [-0.1, -0.05) is 48.0 Å². The summed E-state index contributed by atoms with van der Waals surface area (Å²) in [5, 5.41) is 2.76. The van der Waals surface area contributed by atoms with E-state index in [2.05, 4.69) is 20.9 Å². The maximum atomic E-state index is 12.3. The predicted octanol–water partition coefficient (Wildman–Crippen LogP) is 0.997. The molecule has 1 aliphatic rings. The third-order valence-electron chi connectivity index (χ3n) is 4.47. The molecule has 0 aliphatic carbocycles. The van der Waals surface area contributed by atoms with Crippen LogP contribution in [0.15, 0.2) is 59.5 Å². The third-order valence-corrected chi connectivity index (χ3v) is 5.95. The zero-order chi connectivity index (χ0) is 19.3. The van der Waals surface area contributed by atoms with Gasteiger partial charge < -0.3 is 5.32 Å². The van der Waals surface area contributed by atoms with E-state index >= 15 is 0 Å². The van der Waals surface area contributed by atoms with Crippen molar-refractivity contribution in [1.29, 1.82) is 0 Å². The van der Waals surface area contributed by atoms with E-state index < -0.39 is 10.0 Å². The summed E-state index contributed by atoms with van der Waals surface area (Å²) in [6.45, 7) is 2.25. The largest absolute Gasteiger partial charge is 0.353 e. The molecule has 2 unspecified atom stereocenters. The summed E-state index contributed by atoms with van der Waals surface area (Å²) in [6.07, 6.45) is 0.630. The summed E-state index contributed by atoms with van der Waals surface area (Å²) in [5.41, 5.74) is 8.22. The number of amides is 1. The van der Waals surface area contributed by atoms with Crippen LogP contribution in [0, 0.1) is 6.92 Å². The Morgan fingerprint density at radius 2 is 1.74 bits per heavy atom. The number of nitrogens with one attached hydrogen (secondary N) is 4. The van der Waals surface area contributed by atoms with Crippen LogP contribution in [0.2, 0.25) is 0 Å². The molecule has 2 aromatic rings. The van der Waals surface area contributed by atoms with Gasteiger partial charge in [0.2, 0.25) is 15.9 Å². The molecule has 0 aromatic heterocycles. The van der Waals surface area contributed by atoms with Crippen LogP contribution in [0.5, 0.6) is 0 Å². The minimum atomic E-state index is -3.57. The molecule has 1 fully saturated rings. The molecule has 8 heteroatoms. The maximum absolute atomic E-state index is 12.3. The lowest BCUT2D eigenvalue weighted by Gasteiger charge is -2.11. The van der Waals surface area contributed by atoms with Crippen LogP contribution in [-0.2, 0) is 14.8 Å². The van der Waals surface area contributed by atoms with Gasteiger partial charge in [-0.2, -0.15) is 0 Å². The molecule has 27 heavy (non-hydrogen) atoms. The summed E-state index contributed by atoms with van der Waals surface area (Å²) < 4.78 is 26.9. The SMILES string of the molecule is Cc1ccc(S(=O)(=O)NCCNC(=O)C2CC(c3ccccc3)NN2)cc1. The lowest BCUT2D eigenvalue weighted by Crippen LogP contribution is -2.45. The van der Waals surface area contributed by atoms with Gasteiger partial charge in [-0.3, -0.25) is 4.79 Å². The van der Waals surface area contributed by atoms with Crippen molar-refractivity contribution in [2.45, 2.75) is 30.3 Å². The first-order valence-electron chi connectivity index (χ1n) is 8.86. The van der Waals surface area contributed by atoms with Crippen molar-refractivity contribution in [2.75, 3.05) is 13.1 Å². The first-order chi connectivity index (χ1) is 13.0. The predicted molar refractivity (Wildman–Crippen MR) is 103 cm³/mol. The molecule has 0 spiro atoms. The van der Waals surface area contributed by atoms with Crippen molar-refractivity contribution in [3.63, 3.8) is 0 Å². The number of sulfonamides is 1. The molecule has 2 atom stereocenters. The molecular weight excluding hydrogens is 364 g/mol. The van der Waals surface area contributed by atoms with Gasteiger partial charge in [0.25, 0.3) is 0 Å². The van der Waals surface area contributed by atoms with Crippen LogP contribution in [0.4, 0.5) is 0 Å². The van der Waals surface area contributed by atoms with E-state index in [4.69, 9.17) is 0 Å². The Hall–Kier alpha value is -2.26. The van der Waals surface area contributed by atoms with Crippen LogP contribution >= 0.6 is 0 Å². The molecule has 0 bridgehead atoms. The van der Waals surface area contributed by atoms with E-state index in [-0.39, 0.29) is 36.0 Å². The van der Waals surface area contributed by atoms with Crippen molar-refractivity contribution >= 4 is 15.9 Å². The van der Waals surface area contributed by atoms with E-state index in [1.54, 1.807) is 24.3 Å². The van der Waals surface area contributed by atoms with Crippen molar-refractivity contribution in [3.8, 4) is 0 Å². The number of rotatable bonds is 7. The second-order valence-electron chi connectivity index (χ2n) is 6.54. The topological polar surface area (TPSA) is 99.3 Å². The lowest BCUT2D eigenvalue weighted by molar-refractivity contribution is -0.122. The van der Waals surface area contributed by atoms with Crippen molar-refractivity contribution in [1.82, 2.24) is 20.9 Å². The number of carbonyl (C=O) groups excluding carboxylic acids is 1. The highest BCUT2D eigenvalue weighted by atomic mass is 32.2. The van der Waals surface area contributed by atoms with Gasteiger partial charge in [0, 0.05) is 19.1 Å². The Morgan fingerprint density at radius 1 is 1.04 bits per heavy atom. The zero-order valence-electron chi connectivity index (χ0n) is 15.1. The van der Waals surface area contributed by atoms with E-state index in [0.29, 0.717) is 6.42 Å². The second-order valence-corrected chi connectivity index (χ2v) is 8.31. The summed E-state index contributed by atoms with van der Waals surface area (Å²) in [5.74, 6) is -0.157. The van der Waals surface area contributed by atoms with Gasteiger partial charge in [0.05, 0.1) is 4.90 Å². The minimum Gasteiger partial charge on any atom is -0.353 e. The Labute approximate surface area is 159 Å². The van der Waals surface area contributed by atoms with Gasteiger partial charge in [-0.25, -0.2) is 24.0 Å². The van der Waals surface area contributed by atoms with Crippen LogP contribution in [0.3, 0.4) is 0 Å². The van der Waals surface area contributed by atoms with Crippen molar-refractivity contribution in [3.05, 3.63) is 65.7 Å². The standard InChI is InChI=1S/C19H24N4O3S/c1-14-7-9-16(10-8-14)27(25,26)21-12-11-20-19(24)18-13-17(22-23-18)15-5-3-2-4-6-15/h2-10,17-18,21-23H,11-13H2,1H3,(H,20,24). The van der Waals surface area contributed by atoms with Crippen molar-refractivity contribution in [2.24, 2.45) is 0 Å². The number of benzene rings is 2. The number of aryl methyl sites for hydroxylation is 1. The van der Waals surface area contributed by atoms with Gasteiger partial charge in [0.15, 0.2) is 0 Å². The molecular formula is C19H24N4O3S. The first kappa shape index (κ1) is 19.5.